The van der Waals surface area contributed by atoms with Crippen LogP contribution in [-0.4, -0.2) is 46.8 Å². The van der Waals surface area contributed by atoms with Gasteiger partial charge in [0, 0.05) is 11.6 Å². The Kier molecular flexibility index (Phi) is 4.78. The zero-order valence-electron chi connectivity index (χ0n) is 15.5. The number of benzene rings is 1. The molecule has 2 saturated carbocycles. The monoisotopic (exact) mass is 385 g/mol. The third-order valence-electron chi connectivity index (χ3n) is 5.50. The highest BCUT2D eigenvalue weighted by atomic mass is 16.5. The second kappa shape index (κ2) is 7.26. The van der Waals surface area contributed by atoms with Crippen LogP contribution >= 0.6 is 0 Å². The van der Waals surface area contributed by atoms with Crippen molar-refractivity contribution in [3.63, 3.8) is 0 Å². The lowest BCUT2D eigenvalue weighted by Gasteiger charge is -2.21. The summed E-state index contributed by atoms with van der Waals surface area (Å²) in [5, 5.41) is 5.56. The SMILES string of the molecule is O=C(CN1C(=O)NC2(CCCC2)C1=O)O[C@@H](C(=O)NC1CC1)c1ccccc1. The fourth-order valence-electron chi connectivity index (χ4n) is 3.84. The van der Waals surface area contributed by atoms with Crippen molar-refractivity contribution in [3.8, 4) is 0 Å². The van der Waals surface area contributed by atoms with Gasteiger partial charge in [0.15, 0.2) is 0 Å². The Morgan fingerprint density at radius 3 is 2.50 bits per heavy atom. The van der Waals surface area contributed by atoms with Crippen LogP contribution in [0.3, 0.4) is 0 Å². The predicted octanol–water partition coefficient (Wildman–Crippen LogP) is 1.41. The van der Waals surface area contributed by atoms with E-state index in [9.17, 15) is 19.2 Å². The van der Waals surface area contributed by atoms with Crippen molar-refractivity contribution in [2.24, 2.45) is 0 Å². The molecule has 1 aliphatic heterocycles. The fourth-order valence-corrected chi connectivity index (χ4v) is 3.84. The second-order valence-corrected chi connectivity index (χ2v) is 7.67. The Bertz CT molecular complexity index is 799. The highest BCUT2D eigenvalue weighted by Gasteiger charge is 2.53. The van der Waals surface area contributed by atoms with Crippen molar-refractivity contribution < 1.29 is 23.9 Å². The number of amides is 4. The molecule has 1 aromatic carbocycles. The van der Waals surface area contributed by atoms with Gasteiger partial charge in [-0.05, 0) is 25.7 Å². The number of esters is 1. The average Bonchev–Trinajstić information content (AvgIpc) is 3.32. The van der Waals surface area contributed by atoms with Crippen molar-refractivity contribution in [3.05, 3.63) is 35.9 Å². The number of hydrogen-bond donors (Lipinski definition) is 2. The van der Waals surface area contributed by atoms with Gasteiger partial charge in [-0.2, -0.15) is 0 Å². The zero-order chi connectivity index (χ0) is 19.7. The lowest BCUT2D eigenvalue weighted by Crippen LogP contribution is -2.44. The largest absolute Gasteiger partial charge is 0.446 e. The first-order chi connectivity index (χ1) is 13.5. The van der Waals surface area contributed by atoms with E-state index in [0.29, 0.717) is 18.4 Å². The number of nitrogens with zero attached hydrogens (tertiary/aromatic N) is 1. The van der Waals surface area contributed by atoms with Crippen LogP contribution in [-0.2, 0) is 19.1 Å². The van der Waals surface area contributed by atoms with Crippen molar-refractivity contribution in [1.29, 1.82) is 0 Å². The topological polar surface area (TPSA) is 105 Å². The maximum absolute atomic E-state index is 12.7. The Morgan fingerprint density at radius 2 is 1.86 bits per heavy atom. The number of imide groups is 1. The highest BCUT2D eigenvalue weighted by molar-refractivity contribution is 6.08. The van der Waals surface area contributed by atoms with Crippen LogP contribution in [0.4, 0.5) is 4.79 Å². The van der Waals surface area contributed by atoms with E-state index in [4.69, 9.17) is 4.74 Å². The van der Waals surface area contributed by atoms with Crippen LogP contribution in [0.15, 0.2) is 30.3 Å². The summed E-state index contributed by atoms with van der Waals surface area (Å²) in [4.78, 5) is 50.9. The van der Waals surface area contributed by atoms with E-state index in [1.54, 1.807) is 30.3 Å². The number of ether oxygens (including phenoxy) is 1. The smallest absolute Gasteiger partial charge is 0.327 e. The van der Waals surface area contributed by atoms with Crippen LogP contribution in [0.25, 0.3) is 0 Å². The van der Waals surface area contributed by atoms with E-state index in [-0.39, 0.29) is 11.9 Å². The molecule has 28 heavy (non-hydrogen) atoms. The van der Waals surface area contributed by atoms with Crippen LogP contribution in [0.2, 0.25) is 0 Å². The van der Waals surface area contributed by atoms with Crippen LogP contribution < -0.4 is 10.6 Å². The molecular weight excluding hydrogens is 362 g/mol. The highest BCUT2D eigenvalue weighted by Crippen LogP contribution is 2.35. The van der Waals surface area contributed by atoms with Gasteiger partial charge in [-0.15, -0.1) is 0 Å². The van der Waals surface area contributed by atoms with Gasteiger partial charge in [0.1, 0.15) is 12.1 Å². The first kappa shape index (κ1) is 18.5. The van der Waals surface area contributed by atoms with Gasteiger partial charge in [-0.1, -0.05) is 43.2 Å². The minimum atomic E-state index is -1.12. The molecule has 8 heteroatoms. The molecular formula is C20H23N3O5. The standard InChI is InChI=1S/C20H23N3O5/c24-15(12-23-18(26)20(22-19(23)27)10-4-5-11-20)28-16(13-6-2-1-3-7-13)17(25)21-14-8-9-14/h1-3,6-7,14,16H,4-5,8-12H2,(H,21,25)(H,22,27)/t16-/m1/s1. The molecule has 2 N–H and O–H groups in total. The molecule has 3 aliphatic rings. The first-order valence-electron chi connectivity index (χ1n) is 9.67. The van der Waals surface area contributed by atoms with Crippen molar-refractivity contribution in [1.82, 2.24) is 15.5 Å². The molecule has 1 saturated heterocycles. The van der Waals surface area contributed by atoms with Gasteiger partial charge in [0.2, 0.25) is 6.10 Å². The van der Waals surface area contributed by atoms with Gasteiger partial charge < -0.3 is 15.4 Å². The molecule has 2 aliphatic carbocycles. The number of rotatable bonds is 6. The third-order valence-corrected chi connectivity index (χ3v) is 5.50. The third kappa shape index (κ3) is 3.58. The van der Waals surface area contributed by atoms with Gasteiger partial charge in [-0.25, -0.2) is 4.79 Å². The lowest BCUT2D eigenvalue weighted by atomic mass is 9.98. The summed E-state index contributed by atoms with van der Waals surface area (Å²) in [5.74, 6) is -1.57. The van der Waals surface area contributed by atoms with Gasteiger partial charge in [-0.3, -0.25) is 19.3 Å². The maximum Gasteiger partial charge on any atom is 0.327 e. The number of carbonyl (C=O) groups excluding carboxylic acids is 4. The Morgan fingerprint density at radius 1 is 1.18 bits per heavy atom. The lowest BCUT2D eigenvalue weighted by molar-refractivity contribution is -0.158. The Labute approximate surface area is 162 Å². The number of urea groups is 1. The Hall–Kier alpha value is -2.90. The summed E-state index contributed by atoms with van der Waals surface area (Å²) in [7, 11) is 0. The molecule has 1 spiro atoms. The molecule has 0 unspecified atom stereocenters. The summed E-state index contributed by atoms with van der Waals surface area (Å²) >= 11 is 0. The molecule has 148 valence electrons. The van der Waals surface area contributed by atoms with E-state index in [2.05, 4.69) is 10.6 Å². The maximum atomic E-state index is 12.7. The van der Waals surface area contributed by atoms with E-state index in [0.717, 1.165) is 30.6 Å². The second-order valence-electron chi connectivity index (χ2n) is 7.67. The molecule has 1 aromatic rings. The summed E-state index contributed by atoms with van der Waals surface area (Å²) in [6.45, 7) is -0.507. The predicted molar refractivity (Wildman–Crippen MR) is 97.9 cm³/mol. The normalized spacial score (nSPS) is 21.5. The molecule has 4 rings (SSSR count). The number of hydrogen-bond acceptors (Lipinski definition) is 5. The van der Waals surface area contributed by atoms with Crippen LogP contribution in [0, 0.1) is 0 Å². The van der Waals surface area contributed by atoms with Gasteiger partial charge in [0.25, 0.3) is 11.8 Å². The van der Waals surface area contributed by atoms with Crippen LogP contribution in [0.5, 0.6) is 0 Å². The molecule has 0 radical (unpaired) electrons. The van der Waals surface area contributed by atoms with E-state index >= 15 is 0 Å². The molecule has 8 nitrogen and oxygen atoms in total. The summed E-state index contributed by atoms with van der Waals surface area (Å²) < 4.78 is 5.41. The van der Waals surface area contributed by atoms with Gasteiger partial charge in [0.05, 0.1) is 0 Å². The number of carbonyl (C=O) groups is 4. The van der Waals surface area contributed by atoms with Crippen molar-refractivity contribution in [2.75, 3.05) is 6.54 Å². The Balaban J connectivity index is 1.45. The minimum Gasteiger partial charge on any atom is -0.446 e. The number of nitrogens with one attached hydrogen (secondary N) is 2. The summed E-state index contributed by atoms with van der Waals surface area (Å²) in [5.41, 5.74) is -0.335. The van der Waals surface area contributed by atoms with Crippen LogP contribution in [0.1, 0.15) is 50.2 Å². The summed E-state index contributed by atoms with van der Waals surface area (Å²) in [6, 6.07) is 8.24. The summed E-state index contributed by atoms with van der Waals surface area (Å²) in [6.07, 6.45) is 3.59. The molecule has 0 aromatic heterocycles. The average molecular weight is 385 g/mol. The van der Waals surface area contributed by atoms with Crippen molar-refractivity contribution in [2.45, 2.75) is 56.2 Å². The molecule has 4 amide bonds. The van der Waals surface area contributed by atoms with Gasteiger partial charge >= 0.3 is 12.0 Å². The first-order valence-corrected chi connectivity index (χ1v) is 9.67. The quantitative estimate of drug-likeness (QED) is 0.569. The van der Waals surface area contributed by atoms with Crippen molar-refractivity contribution >= 4 is 23.8 Å². The fraction of sp³-hybridized carbons (Fsp3) is 0.500. The zero-order valence-corrected chi connectivity index (χ0v) is 15.5. The van der Waals surface area contributed by atoms with E-state index in [1.165, 1.54) is 0 Å². The minimum absolute atomic E-state index is 0.116. The van der Waals surface area contributed by atoms with E-state index < -0.39 is 36.1 Å². The molecule has 1 heterocycles. The van der Waals surface area contributed by atoms with E-state index in [1.807, 2.05) is 0 Å². The molecule has 1 atom stereocenters. The molecule has 3 fully saturated rings. The molecule has 0 bridgehead atoms.